The fourth-order valence-electron chi connectivity index (χ4n) is 2.45. The molecule has 4 heteroatoms. The van der Waals surface area contributed by atoms with E-state index < -0.39 is 0 Å². The van der Waals surface area contributed by atoms with Crippen molar-refractivity contribution >= 4 is 11.8 Å². The van der Waals surface area contributed by atoms with E-state index in [0.29, 0.717) is 0 Å². The highest BCUT2D eigenvalue weighted by Crippen LogP contribution is 2.30. The van der Waals surface area contributed by atoms with Gasteiger partial charge in [-0.3, -0.25) is 9.59 Å². The highest BCUT2D eigenvalue weighted by atomic mass is 16.2. The maximum absolute atomic E-state index is 12.1. The lowest BCUT2D eigenvalue weighted by Gasteiger charge is -2.48. The van der Waals surface area contributed by atoms with E-state index in [4.69, 9.17) is 0 Å². The fourth-order valence-corrected chi connectivity index (χ4v) is 2.45. The third-order valence-corrected chi connectivity index (χ3v) is 3.97. The van der Waals surface area contributed by atoms with E-state index >= 15 is 0 Å². The second kappa shape index (κ2) is 5.07. The van der Waals surface area contributed by atoms with Crippen molar-refractivity contribution < 1.29 is 9.59 Å². The maximum Gasteiger partial charge on any atom is 0.243 e. The summed E-state index contributed by atoms with van der Waals surface area (Å²) >= 11 is 0. The molecule has 98 valence electrons. The van der Waals surface area contributed by atoms with Gasteiger partial charge in [-0.15, -0.1) is 0 Å². The van der Waals surface area contributed by atoms with Gasteiger partial charge in [0.15, 0.2) is 0 Å². The van der Waals surface area contributed by atoms with Gasteiger partial charge in [0.2, 0.25) is 11.8 Å². The monoisotopic (exact) mass is 240 g/mol. The molecule has 1 unspecified atom stereocenters. The average molecular weight is 240 g/mol. The Morgan fingerprint density at radius 3 is 2.29 bits per heavy atom. The van der Waals surface area contributed by atoms with Crippen molar-refractivity contribution in [3.8, 4) is 0 Å². The van der Waals surface area contributed by atoms with Crippen LogP contribution in [-0.4, -0.2) is 34.8 Å². The molecule has 0 radical (unpaired) electrons. The second-order valence-electron chi connectivity index (χ2n) is 5.37. The van der Waals surface area contributed by atoms with Gasteiger partial charge in [-0.25, -0.2) is 0 Å². The summed E-state index contributed by atoms with van der Waals surface area (Å²) in [6, 6.07) is -0.332. The number of nitrogens with one attached hydrogen (secondary N) is 1. The van der Waals surface area contributed by atoms with Gasteiger partial charge < -0.3 is 10.2 Å². The van der Waals surface area contributed by atoms with E-state index in [-0.39, 0.29) is 35.9 Å². The van der Waals surface area contributed by atoms with Crippen molar-refractivity contribution in [2.24, 2.45) is 5.92 Å². The van der Waals surface area contributed by atoms with Crippen molar-refractivity contribution in [3.63, 3.8) is 0 Å². The number of rotatable bonds is 4. The van der Waals surface area contributed by atoms with Crippen molar-refractivity contribution in [2.75, 3.05) is 6.54 Å². The van der Waals surface area contributed by atoms with Gasteiger partial charge in [0.1, 0.15) is 6.04 Å². The van der Waals surface area contributed by atoms with Crippen molar-refractivity contribution in [3.05, 3.63) is 0 Å². The van der Waals surface area contributed by atoms with Gasteiger partial charge in [-0.2, -0.15) is 0 Å². The smallest absolute Gasteiger partial charge is 0.243 e. The SMILES string of the molecule is CCC(C)(CC)N1C(=O)CNC(=O)C1C(C)C. The molecule has 0 aliphatic carbocycles. The van der Waals surface area contributed by atoms with Gasteiger partial charge >= 0.3 is 0 Å². The molecule has 17 heavy (non-hydrogen) atoms. The minimum absolute atomic E-state index is 0.0206. The number of hydrogen-bond donors (Lipinski definition) is 1. The van der Waals surface area contributed by atoms with Crippen LogP contribution in [0.4, 0.5) is 0 Å². The van der Waals surface area contributed by atoms with E-state index in [1.807, 2.05) is 18.7 Å². The summed E-state index contributed by atoms with van der Waals surface area (Å²) in [4.78, 5) is 25.9. The molecule has 0 bridgehead atoms. The van der Waals surface area contributed by atoms with E-state index in [9.17, 15) is 9.59 Å². The largest absolute Gasteiger partial charge is 0.345 e. The number of nitrogens with zero attached hydrogens (tertiary/aromatic N) is 1. The Hall–Kier alpha value is -1.06. The summed E-state index contributed by atoms with van der Waals surface area (Å²) in [5.74, 6) is 0.152. The van der Waals surface area contributed by atoms with E-state index in [0.717, 1.165) is 12.8 Å². The molecule has 1 aliphatic heterocycles. The van der Waals surface area contributed by atoms with Gasteiger partial charge in [0.05, 0.1) is 6.54 Å². The number of amides is 2. The second-order valence-corrected chi connectivity index (χ2v) is 5.37. The van der Waals surface area contributed by atoms with Gasteiger partial charge in [-0.05, 0) is 25.7 Å². The summed E-state index contributed by atoms with van der Waals surface area (Å²) in [5, 5.41) is 2.68. The zero-order valence-electron chi connectivity index (χ0n) is 11.5. The molecule has 1 fully saturated rings. The highest BCUT2D eigenvalue weighted by molar-refractivity contribution is 5.95. The van der Waals surface area contributed by atoms with Crippen LogP contribution >= 0.6 is 0 Å². The van der Waals surface area contributed by atoms with Crippen LogP contribution < -0.4 is 5.32 Å². The molecule has 0 aromatic carbocycles. The average Bonchev–Trinajstić information content (AvgIpc) is 2.30. The molecular formula is C13H24N2O2. The predicted molar refractivity (Wildman–Crippen MR) is 67.5 cm³/mol. The van der Waals surface area contributed by atoms with E-state index in [2.05, 4.69) is 26.1 Å². The molecule has 0 saturated carbocycles. The molecule has 0 aromatic heterocycles. The van der Waals surface area contributed by atoms with E-state index in [1.54, 1.807) is 0 Å². The molecule has 0 aromatic rings. The number of hydrogen-bond acceptors (Lipinski definition) is 2. The lowest BCUT2D eigenvalue weighted by atomic mass is 9.87. The molecule has 1 atom stereocenters. The van der Waals surface area contributed by atoms with Crippen LogP contribution in [0.15, 0.2) is 0 Å². The standard InChI is InChI=1S/C13H24N2O2/c1-6-13(5,7-2)15-10(16)8-14-12(17)11(15)9(3)4/h9,11H,6-8H2,1-5H3,(H,14,17). The topological polar surface area (TPSA) is 49.4 Å². The van der Waals surface area contributed by atoms with Gasteiger partial charge in [-0.1, -0.05) is 27.7 Å². The van der Waals surface area contributed by atoms with Crippen LogP contribution in [0, 0.1) is 5.92 Å². The van der Waals surface area contributed by atoms with Crippen LogP contribution in [0.2, 0.25) is 0 Å². The summed E-state index contributed by atoms with van der Waals surface area (Å²) < 4.78 is 0. The summed E-state index contributed by atoms with van der Waals surface area (Å²) in [6.45, 7) is 10.3. The predicted octanol–water partition coefficient (Wildman–Crippen LogP) is 1.55. The lowest BCUT2D eigenvalue weighted by Crippen LogP contribution is -2.66. The third-order valence-electron chi connectivity index (χ3n) is 3.97. The Kier molecular flexibility index (Phi) is 4.17. The number of carbonyl (C=O) groups is 2. The normalized spacial score (nSPS) is 22.0. The number of piperazine rings is 1. The Labute approximate surface area is 104 Å². The van der Waals surface area contributed by atoms with Crippen LogP contribution in [0.3, 0.4) is 0 Å². The zero-order valence-corrected chi connectivity index (χ0v) is 11.5. The molecule has 2 amide bonds. The minimum atomic E-state index is -0.332. The molecule has 1 saturated heterocycles. The third kappa shape index (κ3) is 2.45. The quantitative estimate of drug-likeness (QED) is 0.810. The Bertz CT molecular complexity index is 309. The van der Waals surface area contributed by atoms with Gasteiger partial charge in [0.25, 0.3) is 0 Å². The molecule has 4 nitrogen and oxygen atoms in total. The lowest BCUT2D eigenvalue weighted by molar-refractivity contribution is -0.155. The first-order chi connectivity index (χ1) is 7.87. The molecule has 1 aliphatic rings. The molecule has 1 rings (SSSR count). The fraction of sp³-hybridized carbons (Fsp3) is 0.846. The first-order valence-corrected chi connectivity index (χ1v) is 6.47. The summed E-state index contributed by atoms with van der Waals surface area (Å²) in [7, 11) is 0. The van der Waals surface area contributed by atoms with Crippen LogP contribution in [0.25, 0.3) is 0 Å². The molecular weight excluding hydrogens is 216 g/mol. The first-order valence-electron chi connectivity index (χ1n) is 6.47. The van der Waals surface area contributed by atoms with Crippen molar-refractivity contribution in [2.45, 2.75) is 59.0 Å². The maximum atomic E-state index is 12.1. The van der Waals surface area contributed by atoms with E-state index in [1.165, 1.54) is 0 Å². The Morgan fingerprint density at radius 1 is 1.35 bits per heavy atom. The first kappa shape index (κ1) is 14.0. The zero-order chi connectivity index (χ0) is 13.2. The summed E-state index contributed by atoms with van der Waals surface area (Å²) in [5.41, 5.74) is -0.218. The number of carbonyl (C=O) groups excluding carboxylic acids is 2. The molecule has 1 heterocycles. The van der Waals surface area contributed by atoms with Crippen LogP contribution in [-0.2, 0) is 9.59 Å². The van der Waals surface area contributed by atoms with Crippen LogP contribution in [0.1, 0.15) is 47.5 Å². The molecule has 1 N–H and O–H groups in total. The van der Waals surface area contributed by atoms with Gasteiger partial charge in [0, 0.05) is 5.54 Å². The minimum Gasteiger partial charge on any atom is -0.345 e. The highest BCUT2D eigenvalue weighted by Gasteiger charge is 2.44. The molecule has 0 spiro atoms. The summed E-state index contributed by atoms with van der Waals surface area (Å²) in [6.07, 6.45) is 1.73. The Morgan fingerprint density at radius 2 is 1.88 bits per heavy atom. The van der Waals surface area contributed by atoms with Crippen molar-refractivity contribution in [1.29, 1.82) is 0 Å². The van der Waals surface area contributed by atoms with Crippen molar-refractivity contribution in [1.82, 2.24) is 10.2 Å². The Balaban J connectivity index is 3.12. The van der Waals surface area contributed by atoms with Crippen LogP contribution in [0.5, 0.6) is 0 Å².